The number of rotatable bonds is 4. The predicted octanol–water partition coefficient (Wildman–Crippen LogP) is 2.42. The molecule has 0 saturated heterocycles. The first-order valence-corrected chi connectivity index (χ1v) is 6.66. The van der Waals surface area contributed by atoms with Gasteiger partial charge in [-0.1, -0.05) is 24.3 Å². The van der Waals surface area contributed by atoms with Crippen molar-refractivity contribution in [3.05, 3.63) is 54.1 Å². The van der Waals surface area contributed by atoms with Gasteiger partial charge in [-0.3, -0.25) is 9.69 Å². The van der Waals surface area contributed by atoms with Crippen molar-refractivity contribution < 1.29 is 14.7 Å². The SMILES string of the molecule is Cc1ccc(O)c(N(C=O)NC(=O)N(C)c2ccccc2)c1. The average Bonchev–Trinajstić information content (AvgIpc) is 2.55. The zero-order chi connectivity index (χ0) is 16.1. The Morgan fingerprint density at radius 3 is 2.50 bits per heavy atom. The lowest BCUT2D eigenvalue weighted by molar-refractivity contribution is -0.107. The highest BCUT2D eigenvalue weighted by Crippen LogP contribution is 2.26. The van der Waals surface area contributed by atoms with Crippen LogP contribution in [0.3, 0.4) is 0 Å². The number of nitrogens with one attached hydrogen (secondary N) is 1. The summed E-state index contributed by atoms with van der Waals surface area (Å²) in [6.07, 6.45) is 0.436. The molecule has 0 aromatic heterocycles. The Morgan fingerprint density at radius 2 is 1.86 bits per heavy atom. The van der Waals surface area contributed by atoms with Gasteiger partial charge in [0, 0.05) is 12.7 Å². The first-order valence-electron chi connectivity index (χ1n) is 6.66. The molecule has 2 aromatic carbocycles. The highest BCUT2D eigenvalue weighted by Gasteiger charge is 2.17. The van der Waals surface area contributed by atoms with E-state index in [0.29, 0.717) is 12.1 Å². The second-order valence-electron chi connectivity index (χ2n) is 4.78. The van der Waals surface area contributed by atoms with Crippen molar-refractivity contribution in [2.24, 2.45) is 0 Å². The smallest absolute Gasteiger partial charge is 0.340 e. The van der Waals surface area contributed by atoms with Crippen LogP contribution >= 0.6 is 0 Å². The van der Waals surface area contributed by atoms with E-state index in [-0.39, 0.29) is 11.4 Å². The Hall–Kier alpha value is -3.02. The van der Waals surface area contributed by atoms with Crippen molar-refractivity contribution in [3.8, 4) is 5.75 Å². The molecule has 2 aromatic rings. The van der Waals surface area contributed by atoms with Gasteiger partial charge in [-0.25, -0.2) is 15.2 Å². The molecular formula is C16H17N3O3. The van der Waals surface area contributed by atoms with E-state index in [0.717, 1.165) is 10.6 Å². The molecule has 114 valence electrons. The Balaban J connectivity index is 2.18. The number of aromatic hydroxyl groups is 1. The molecule has 0 bridgehead atoms. The molecule has 0 spiro atoms. The Bertz CT molecular complexity index is 674. The molecule has 6 heteroatoms. The first kappa shape index (κ1) is 15.4. The topological polar surface area (TPSA) is 72.9 Å². The number of nitrogens with zero attached hydrogens (tertiary/aromatic N) is 2. The lowest BCUT2D eigenvalue weighted by atomic mass is 10.2. The van der Waals surface area contributed by atoms with Crippen LogP contribution in [0.15, 0.2) is 48.5 Å². The van der Waals surface area contributed by atoms with Gasteiger partial charge in [0.2, 0.25) is 6.41 Å². The largest absolute Gasteiger partial charge is 0.506 e. The minimum atomic E-state index is -0.501. The molecule has 0 heterocycles. The zero-order valence-electron chi connectivity index (χ0n) is 12.4. The minimum Gasteiger partial charge on any atom is -0.506 e. The van der Waals surface area contributed by atoms with Crippen LogP contribution in [0.4, 0.5) is 16.2 Å². The summed E-state index contributed by atoms with van der Waals surface area (Å²) < 4.78 is 0. The number of amides is 3. The van der Waals surface area contributed by atoms with Gasteiger partial charge in [0.25, 0.3) is 0 Å². The molecule has 0 radical (unpaired) electrons. The average molecular weight is 299 g/mol. The second-order valence-corrected chi connectivity index (χ2v) is 4.78. The third kappa shape index (κ3) is 3.35. The van der Waals surface area contributed by atoms with E-state index in [1.807, 2.05) is 25.1 Å². The van der Waals surface area contributed by atoms with Gasteiger partial charge in [0.05, 0.1) is 0 Å². The molecule has 3 amide bonds. The van der Waals surface area contributed by atoms with Gasteiger partial charge in [-0.15, -0.1) is 0 Å². The summed E-state index contributed by atoms with van der Waals surface area (Å²) in [7, 11) is 1.59. The maximum Gasteiger partial charge on any atom is 0.340 e. The number of carbonyl (C=O) groups is 2. The summed E-state index contributed by atoms with van der Waals surface area (Å²) in [4.78, 5) is 24.8. The number of benzene rings is 2. The molecule has 0 aliphatic carbocycles. The minimum absolute atomic E-state index is 0.0969. The number of urea groups is 1. The van der Waals surface area contributed by atoms with Crippen molar-refractivity contribution in [3.63, 3.8) is 0 Å². The molecule has 22 heavy (non-hydrogen) atoms. The third-order valence-electron chi connectivity index (χ3n) is 3.16. The van der Waals surface area contributed by atoms with Crippen LogP contribution < -0.4 is 15.3 Å². The number of phenolic OH excluding ortho intramolecular Hbond substituents is 1. The number of para-hydroxylation sites is 1. The number of hydrazine groups is 1. The van der Waals surface area contributed by atoms with Crippen LogP contribution in [0.25, 0.3) is 0 Å². The highest BCUT2D eigenvalue weighted by molar-refractivity contribution is 5.95. The molecule has 6 nitrogen and oxygen atoms in total. The molecule has 0 aliphatic heterocycles. The van der Waals surface area contributed by atoms with Gasteiger partial charge in [-0.05, 0) is 36.8 Å². The number of anilines is 2. The molecule has 0 unspecified atom stereocenters. The van der Waals surface area contributed by atoms with Crippen LogP contribution in [0, 0.1) is 6.92 Å². The van der Waals surface area contributed by atoms with E-state index >= 15 is 0 Å². The van der Waals surface area contributed by atoms with Gasteiger partial charge in [-0.2, -0.15) is 0 Å². The molecule has 0 fully saturated rings. The van der Waals surface area contributed by atoms with E-state index in [2.05, 4.69) is 5.43 Å². The second kappa shape index (κ2) is 6.62. The Kier molecular flexibility index (Phi) is 4.63. The van der Waals surface area contributed by atoms with Gasteiger partial charge < -0.3 is 5.11 Å². The van der Waals surface area contributed by atoms with Gasteiger partial charge >= 0.3 is 6.03 Å². The number of aryl methyl sites for hydroxylation is 1. The van der Waals surface area contributed by atoms with E-state index in [1.165, 1.54) is 11.0 Å². The quantitative estimate of drug-likeness (QED) is 0.672. The summed E-state index contributed by atoms with van der Waals surface area (Å²) in [6, 6.07) is 13.3. The molecule has 0 aliphatic rings. The number of hydrogen-bond donors (Lipinski definition) is 2. The molecule has 2 N–H and O–H groups in total. The predicted molar refractivity (Wildman–Crippen MR) is 84.8 cm³/mol. The molecule has 2 rings (SSSR count). The van der Waals surface area contributed by atoms with Crippen LogP contribution in [-0.4, -0.2) is 24.6 Å². The fourth-order valence-electron chi connectivity index (χ4n) is 1.92. The van der Waals surface area contributed by atoms with E-state index < -0.39 is 6.03 Å². The van der Waals surface area contributed by atoms with Crippen LogP contribution in [0.1, 0.15) is 5.56 Å². The highest BCUT2D eigenvalue weighted by atomic mass is 16.3. The molecular weight excluding hydrogens is 282 g/mol. The number of hydrogen-bond acceptors (Lipinski definition) is 3. The third-order valence-corrected chi connectivity index (χ3v) is 3.16. The van der Waals surface area contributed by atoms with Crippen molar-refractivity contribution in [1.29, 1.82) is 0 Å². The van der Waals surface area contributed by atoms with Gasteiger partial charge in [0.1, 0.15) is 11.4 Å². The lowest BCUT2D eigenvalue weighted by Gasteiger charge is -2.24. The zero-order valence-corrected chi connectivity index (χ0v) is 12.4. The fourth-order valence-corrected chi connectivity index (χ4v) is 1.92. The van der Waals surface area contributed by atoms with Gasteiger partial charge in [0.15, 0.2) is 0 Å². The van der Waals surface area contributed by atoms with Crippen LogP contribution in [-0.2, 0) is 4.79 Å². The van der Waals surface area contributed by atoms with Crippen molar-refractivity contribution in [2.75, 3.05) is 17.0 Å². The molecule has 0 saturated carbocycles. The van der Waals surface area contributed by atoms with E-state index in [1.54, 1.807) is 31.3 Å². The summed E-state index contributed by atoms with van der Waals surface area (Å²) in [5.74, 6) is -0.0969. The van der Waals surface area contributed by atoms with Crippen molar-refractivity contribution in [2.45, 2.75) is 6.92 Å². The van der Waals surface area contributed by atoms with E-state index in [4.69, 9.17) is 0 Å². The summed E-state index contributed by atoms with van der Waals surface area (Å²) in [6.45, 7) is 1.82. The summed E-state index contributed by atoms with van der Waals surface area (Å²) in [5.41, 5.74) is 4.19. The fraction of sp³-hybridized carbons (Fsp3) is 0.125. The standard InChI is InChI=1S/C16H17N3O3/c1-12-8-9-15(21)14(10-12)19(11-20)17-16(22)18(2)13-6-4-3-5-7-13/h3-11,21H,1-2H3,(H,17,22). The Morgan fingerprint density at radius 1 is 1.18 bits per heavy atom. The van der Waals surface area contributed by atoms with Crippen molar-refractivity contribution >= 4 is 23.8 Å². The van der Waals surface area contributed by atoms with Crippen LogP contribution in [0.5, 0.6) is 5.75 Å². The maximum absolute atomic E-state index is 12.2. The monoisotopic (exact) mass is 299 g/mol. The van der Waals surface area contributed by atoms with Crippen LogP contribution in [0.2, 0.25) is 0 Å². The normalized spacial score (nSPS) is 9.91. The summed E-state index contributed by atoms with van der Waals surface area (Å²) >= 11 is 0. The number of phenols is 1. The number of carbonyl (C=O) groups excluding carboxylic acids is 2. The maximum atomic E-state index is 12.2. The molecule has 0 atom stereocenters. The first-order chi connectivity index (χ1) is 10.5. The summed E-state index contributed by atoms with van der Waals surface area (Å²) in [5, 5.41) is 10.8. The van der Waals surface area contributed by atoms with Crippen molar-refractivity contribution in [1.82, 2.24) is 5.43 Å². The lowest BCUT2D eigenvalue weighted by Crippen LogP contribution is -2.47. The Labute approximate surface area is 128 Å². The van der Waals surface area contributed by atoms with E-state index in [9.17, 15) is 14.7 Å².